The number of aromatic nitrogens is 3. The van der Waals surface area contributed by atoms with Crippen molar-refractivity contribution in [3.63, 3.8) is 0 Å². The predicted molar refractivity (Wildman–Crippen MR) is 90.8 cm³/mol. The van der Waals surface area contributed by atoms with Crippen LogP contribution in [0, 0.1) is 0 Å². The van der Waals surface area contributed by atoms with E-state index in [2.05, 4.69) is 32.0 Å². The maximum absolute atomic E-state index is 5.87. The molecule has 0 amide bonds. The minimum Gasteiger partial charge on any atom is -0.463 e. The van der Waals surface area contributed by atoms with Crippen LogP contribution < -0.4 is 21.7 Å². The summed E-state index contributed by atoms with van der Waals surface area (Å²) in [6, 6.07) is 7.68. The van der Waals surface area contributed by atoms with E-state index in [4.69, 9.17) is 10.2 Å². The van der Waals surface area contributed by atoms with Gasteiger partial charge in [-0.05, 0) is 36.6 Å². The molecule has 24 heavy (non-hydrogen) atoms. The van der Waals surface area contributed by atoms with Gasteiger partial charge in [-0.25, -0.2) is 4.98 Å². The minimum absolute atomic E-state index is 0.211. The van der Waals surface area contributed by atoms with Crippen LogP contribution in [0.15, 0.2) is 47.3 Å². The summed E-state index contributed by atoms with van der Waals surface area (Å²) in [6.45, 7) is 0.767. The number of nitrogens with one attached hydrogen (secondary N) is 2. The van der Waals surface area contributed by atoms with Gasteiger partial charge in [0.05, 0.1) is 6.26 Å². The SMILES string of the molecule is Nc1nc(-c2ccco2)c2c(n1)N(CCCc1cccnc1)NN2. The molecule has 0 saturated heterocycles. The van der Waals surface area contributed by atoms with Gasteiger partial charge in [-0.15, -0.1) is 5.53 Å². The Morgan fingerprint density at radius 2 is 2.17 bits per heavy atom. The molecule has 0 radical (unpaired) electrons. The van der Waals surface area contributed by atoms with E-state index in [1.807, 2.05) is 29.4 Å². The molecule has 122 valence electrons. The van der Waals surface area contributed by atoms with Gasteiger partial charge in [-0.1, -0.05) is 6.07 Å². The van der Waals surface area contributed by atoms with E-state index in [1.54, 1.807) is 12.5 Å². The van der Waals surface area contributed by atoms with Crippen molar-refractivity contribution in [2.24, 2.45) is 0 Å². The average Bonchev–Trinajstić information content (AvgIpc) is 3.26. The zero-order chi connectivity index (χ0) is 16.4. The molecule has 0 atom stereocenters. The van der Waals surface area contributed by atoms with E-state index in [0.717, 1.165) is 30.9 Å². The standard InChI is InChI=1S/C16H17N7O/c17-16-19-13(12-6-3-9-24-12)14-15(20-16)23(22-21-14)8-2-5-11-4-1-7-18-10-11/h1,3-4,6-7,9-10,21-22H,2,5,8H2,(H2,17,19,20). The van der Waals surface area contributed by atoms with Crippen molar-refractivity contribution in [2.75, 3.05) is 22.7 Å². The molecule has 1 aliphatic rings. The highest BCUT2D eigenvalue weighted by atomic mass is 16.3. The van der Waals surface area contributed by atoms with E-state index in [-0.39, 0.29) is 5.95 Å². The second kappa shape index (κ2) is 6.17. The van der Waals surface area contributed by atoms with Gasteiger partial charge in [0.1, 0.15) is 11.4 Å². The molecule has 3 aromatic heterocycles. The normalized spacial score (nSPS) is 12.9. The molecule has 8 heteroatoms. The Labute approximate surface area is 138 Å². The molecule has 1 aliphatic heterocycles. The summed E-state index contributed by atoms with van der Waals surface area (Å²) >= 11 is 0. The Balaban J connectivity index is 1.51. The van der Waals surface area contributed by atoms with Gasteiger partial charge in [0.25, 0.3) is 0 Å². The molecule has 0 saturated carbocycles. The fourth-order valence-electron chi connectivity index (χ4n) is 2.69. The number of hydrogen-bond donors (Lipinski definition) is 3. The minimum atomic E-state index is 0.211. The van der Waals surface area contributed by atoms with Gasteiger partial charge >= 0.3 is 0 Å². The van der Waals surface area contributed by atoms with Crippen LogP contribution in [0.25, 0.3) is 11.5 Å². The summed E-state index contributed by atoms with van der Waals surface area (Å²) in [5, 5.41) is 1.93. The fraction of sp³-hybridized carbons (Fsp3) is 0.188. The Morgan fingerprint density at radius 3 is 2.96 bits per heavy atom. The Morgan fingerprint density at radius 1 is 1.21 bits per heavy atom. The first kappa shape index (κ1) is 14.5. The Hall–Kier alpha value is -3.13. The second-order valence-electron chi connectivity index (χ2n) is 5.46. The number of fused-ring (bicyclic) bond motifs is 1. The molecule has 4 rings (SSSR count). The summed E-state index contributed by atoms with van der Waals surface area (Å²) in [7, 11) is 0. The summed E-state index contributed by atoms with van der Waals surface area (Å²) < 4.78 is 5.43. The molecule has 0 fully saturated rings. The highest BCUT2D eigenvalue weighted by Gasteiger charge is 2.26. The zero-order valence-corrected chi connectivity index (χ0v) is 12.9. The molecule has 8 nitrogen and oxygen atoms in total. The molecule has 0 aliphatic carbocycles. The van der Waals surface area contributed by atoms with Crippen LogP contribution >= 0.6 is 0 Å². The molecule has 3 aromatic rings. The molecule has 0 spiro atoms. The van der Waals surface area contributed by atoms with E-state index < -0.39 is 0 Å². The lowest BCUT2D eigenvalue weighted by Gasteiger charge is -2.16. The van der Waals surface area contributed by atoms with Crippen LogP contribution in [0.4, 0.5) is 17.5 Å². The Kier molecular flexibility index (Phi) is 3.72. The Bertz CT molecular complexity index is 820. The molecular weight excluding hydrogens is 306 g/mol. The number of rotatable bonds is 5. The number of anilines is 3. The smallest absolute Gasteiger partial charge is 0.222 e. The van der Waals surface area contributed by atoms with Gasteiger partial charge in [0.2, 0.25) is 5.95 Å². The van der Waals surface area contributed by atoms with Gasteiger partial charge < -0.3 is 10.2 Å². The van der Waals surface area contributed by atoms with Crippen molar-refractivity contribution in [2.45, 2.75) is 12.8 Å². The summed E-state index contributed by atoms with van der Waals surface area (Å²) in [5.74, 6) is 1.58. The van der Waals surface area contributed by atoms with Crippen LogP contribution in [0.5, 0.6) is 0 Å². The van der Waals surface area contributed by atoms with E-state index >= 15 is 0 Å². The van der Waals surface area contributed by atoms with Crippen LogP contribution in [-0.4, -0.2) is 21.5 Å². The van der Waals surface area contributed by atoms with Gasteiger partial charge in [0, 0.05) is 18.9 Å². The highest BCUT2D eigenvalue weighted by Crippen LogP contribution is 2.36. The molecule has 4 N–H and O–H groups in total. The monoisotopic (exact) mass is 323 g/mol. The highest BCUT2D eigenvalue weighted by molar-refractivity contribution is 5.83. The number of aryl methyl sites for hydroxylation is 1. The first-order chi connectivity index (χ1) is 11.8. The number of hydrogen-bond acceptors (Lipinski definition) is 8. The molecule has 0 bridgehead atoms. The van der Waals surface area contributed by atoms with Crippen molar-refractivity contribution in [1.29, 1.82) is 0 Å². The van der Waals surface area contributed by atoms with Crippen LogP contribution in [0.1, 0.15) is 12.0 Å². The third-order valence-electron chi connectivity index (χ3n) is 3.80. The zero-order valence-electron chi connectivity index (χ0n) is 12.9. The van der Waals surface area contributed by atoms with Crippen LogP contribution in [0.3, 0.4) is 0 Å². The van der Waals surface area contributed by atoms with Crippen molar-refractivity contribution in [3.8, 4) is 11.5 Å². The van der Waals surface area contributed by atoms with E-state index in [1.165, 1.54) is 5.56 Å². The quantitative estimate of drug-likeness (QED) is 0.655. The van der Waals surface area contributed by atoms with Crippen LogP contribution in [-0.2, 0) is 6.42 Å². The van der Waals surface area contributed by atoms with Gasteiger partial charge in [-0.3, -0.25) is 15.4 Å². The summed E-state index contributed by atoms with van der Waals surface area (Å²) in [5.41, 5.74) is 14.7. The van der Waals surface area contributed by atoms with Crippen molar-refractivity contribution in [3.05, 3.63) is 48.5 Å². The first-order valence-electron chi connectivity index (χ1n) is 7.71. The number of nitrogens with zero attached hydrogens (tertiary/aromatic N) is 4. The summed E-state index contributed by atoms with van der Waals surface area (Å²) in [4.78, 5) is 12.8. The maximum atomic E-state index is 5.87. The van der Waals surface area contributed by atoms with Crippen molar-refractivity contribution >= 4 is 17.5 Å². The summed E-state index contributed by atoms with van der Waals surface area (Å²) in [6.07, 6.45) is 7.15. The van der Waals surface area contributed by atoms with Crippen molar-refractivity contribution in [1.82, 2.24) is 20.5 Å². The second-order valence-corrected chi connectivity index (χ2v) is 5.46. The molecular formula is C16H17N7O. The molecule has 0 unspecified atom stereocenters. The largest absolute Gasteiger partial charge is 0.463 e. The van der Waals surface area contributed by atoms with Crippen LogP contribution in [0.2, 0.25) is 0 Å². The lowest BCUT2D eigenvalue weighted by molar-refractivity contribution is 0.580. The van der Waals surface area contributed by atoms with E-state index in [0.29, 0.717) is 11.5 Å². The maximum Gasteiger partial charge on any atom is 0.222 e. The van der Waals surface area contributed by atoms with Gasteiger partial charge in [0.15, 0.2) is 11.6 Å². The van der Waals surface area contributed by atoms with Gasteiger partial charge in [-0.2, -0.15) is 4.98 Å². The lowest BCUT2D eigenvalue weighted by atomic mass is 10.1. The number of hydrazine groups is 2. The van der Waals surface area contributed by atoms with Crippen molar-refractivity contribution < 1.29 is 4.42 Å². The third-order valence-corrected chi connectivity index (χ3v) is 3.80. The molecule has 4 heterocycles. The molecule has 0 aromatic carbocycles. The lowest BCUT2D eigenvalue weighted by Crippen LogP contribution is -2.37. The van der Waals surface area contributed by atoms with E-state index in [9.17, 15) is 0 Å². The fourth-order valence-corrected chi connectivity index (χ4v) is 2.69. The third kappa shape index (κ3) is 2.74. The number of furan rings is 1. The average molecular weight is 323 g/mol. The number of nitrogens with two attached hydrogens (primary N) is 1. The predicted octanol–water partition coefficient (Wildman–Crippen LogP) is 2.00. The topological polar surface area (TPSA) is 105 Å². The number of nitrogen functional groups attached to an aromatic ring is 1. The number of pyridine rings is 1. The first-order valence-corrected chi connectivity index (χ1v) is 7.71.